The van der Waals surface area contributed by atoms with Crippen LogP contribution < -0.4 is 9.47 Å². The van der Waals surface area contributed by atoms with Crippen molar-refractivity contribution in [3.05, 3.63) is 58.4 Å². The lowest BCUT2D eigenvalue weighted by Crippen LogP contribution is -1.97. The highest BCUT2D eigenvalue weighted by atomic mass is 32.1. The maximum atomic E-state index is 5.37. The van der Waals surface area contributed by atoms with Gasteiger partial charge < -0.3 is 9.47 Å². The molecule has 3 aromatic rings. The van der Waals surface area contributed by atoms with Crippen LogP contribution in [-0.4, -0.2) is 35.3 Å². The maximum Gasteiger partial charge on any atom is 0.216 e. The lowest BCUT2D eigenvalue weighted by atomic mass is 10.1. The van der Waals surface area contributed by atoms with Crippen molar-refractivity contribution in [1.82, 2.24) is 14.9 Å². The first kappa shape index (κ1) is 16.9. The van der Waals surface area contributed by atoms with Gasteiger partial charge in [0.1, 0.15) is 11.5 Å². The molecule has 25 heavy (non-hydrogen) atoms. The zero-order valence-corrected chi connectivity index (χ0v) is 15.0. The highest BCUT2D eigenvalue weighted by molar-refractivity contribution is 7.71. The number of hydrogen-bond donors (Lipinski definition) is 1. The average Bonchev–Trinajstić information content (AvgIpc) is 3.00. The maximum absolute atomic E-state index is 5.37. The van der Waals surface area contributed by atoms with E-state index in [-0.39, 0.29) is 0 Å². The number of ether oxygens (including phenoxy) is 2. The molecule has 7 heteroatoms. The van der Waals surface area contributed by atoms with Crippen molar-refractivity contribution < 1.29 is 9.47 Å². The monoisotopic (exact) mass is 354 g/mol. The van der Waals surface area contributed by atoms with Crippen LogP contribution in [0.1, 0.15) is 11.1 Å². The number of benzene rings is 2. The summed E-state index contributed by atoms with van der Waals surface area (Å²) in [6.07, 6.45) is 1.67. The number of aryl methyl sites for hydroxylation is 1. The van der Waals surface area contributed by atoms with Gasteiger partial charge in [-0.25, -0.2) is 5.10 Å². The molecule has 1 N–H and O–H groups in total. The number of aromatic nitrogens is 3. The van der Waals surface area contributed by atoms with Crippen LogP contribution in [0.5, 0.6) is 11.5 Å². The molecule has 0 fully saturated rings. The Kier molecular flexibility index (Phi) is 4.95. The van der Waals surface area contributed by atoms with E-state index in [0.29, 0.717) is 16.3 Å². The zero-order valence-electron chi connectivity index (χ0n) is 14.2. The molecule has 0 radical (unpaired) electrons. The van der Waals surface area contributed by atoms with Crippen molar-refractivity contribution in [3.63, 3.8) is 0 Å². The van der Waals surface area contributed by atoms with Crippen molar-refractivity contribution in [2.24, 2.45) is 5.10 Å². The predicted octanol–water partition coefficient (Wildman–Crippen LogP) is 3.82. The van der Waals surface area contributed by atoms with E-state index < -0.39 is 0 Å². The molecule has 2 aromatic carbocycles. The summed E-state index contributed by atoms with van der Waals surface area (Å²) in [4.78, 5) is 0. The second-order valence-corrected chi connectivity index (χ2v) is 5.77. The summed E-state index contributed by atoms with van der Waals surface area (Å²) < 4.78 is 12.6. The van der Waals surface area contributed by atoms with Gasteiger partial charge in [0.05, 0.1) is 20.4 Å². The number of methoxy groups -OCH3 is 2. The lowest BCUT2D eigenvalue weighted by molar-refractivity contribution is 0.402. The molecule has 0 aliphatic heterocycles. The van der Waals surface area contributed by atoms with E-state index in [2.05, 4.69) is 15.3 Å². The van der Waals surface area contributed by atoms with Crippen LogP contribution >= 0.6 is 12.2 Å². The first-order valence-electron chi connectivity index (χ1n) is 7.63. The summed E-state index contributed by atoms with van der Waals surface area (Å²) in [6, 6.07) is 13.5. The Morgan fingerprint density at radius 2 is 2.00 bits per heavy atom. The van der Waals surface area contributed by atoms with Gasteiger partial charge in [-0.3, -0.25) is 0 Å². The van der Waals surface area contributed by atoms with Gasteiger partial charge in [-0.1, -0.05) is 23.8 Å². The van der Waals surface area contributed by atoms with Crippen LogP contribution in [0, 0.1) is 11.7 Å². The third kappa shape index (κ3) is 3.61. The Bertz CT molecular complexity index is 975. The number of aromatic amines is 1. The van der Waals surface area contributed by atoms with Gasteiger partial charge >= 0.3 is 0 Å². The Balaban J connectivity index is 2.03. The standard InChI is InChI=1S/C18H18N4O2S/c1-12-5-4-6-13(9-12)17-20-21-18(25)22(17)19-11-14-10-15(23-2)7-8-16(14)24-3/h4-11H,1-3H3,(H,21,25)/b19-11+. The highest BCUT2D eigenvalue weighted by Crippen LogP contribution is 2.23. The SMILES string of the molecule is COc1ccc(OC)c(/C=N/n2c(-c3cccc(C)c3)n[nH]c2=S)c1. The van der Waals surface area contributed by atoms with E-state index in [1.165, 1.54) is 0 Å². The number of nitrogens with one attached hydrogen (secondary N) is 1. The number of hydrogen-bond acceptors (Lipinski definition) is 5. The fraction of sp³-hybridized carbons (Fsp3) is 0.167. The van der Waals surface area contributed by atoms with Crippen LogP contribution in [0.25, 0.3) is 11.4 Å². The quantitative estimate of drug-likeness (QED) is 0.559. The molecule has 0 spiro atoms. The zero-order chi connectivity index (χ0) is 17.8. The minimum absolute atomic E-state index is 0.412. The summed E-state index contributed by atoms with van der Waals surface area (Å²) in [5, 5.41) is 11.6. The fourth-order valence-corrected chi connectivity index (χ4v) is 2.61. The number of H-pyrrole nitrogens is 1. The summed E-state index contributed by atoms with van der Waals surface area (Å²) in [7, 11) is 3.23. The molecule has 128 valence electrons. The molecule has 0 bridgehead atoms. The minimum Gasteiger partial charge on any atom is -0.497 e. The van der Waals surface area contributed by atoms with E-state index in [9.17, 15) is 0 Å². The molecular formula is C18H18N4O2S. The van der Waals surface area contributed by atoms with Gasteiger partial charge in [0.2, 0.25) is 4.77 Å². The topological polar surface area (TPSA) is 64.4 Å². The van der Waals surface area contributed by atoms with E-state index in [0.717, 1.165) is 22.4 Å². The molecule has 6 nitrogen and oxygen atoms in total. The molecule has 0 saturated heterocycles. The first-order chi connectivity index (χ1) is 12.1. The van der Waals surface area contributed by atoms with Crippen molar-refractivity contribution in [3.8, 4) is 22.9 Å². The van der Waals surface area contributed by atoms with Gasteiger partial charge in [0.25, 0.3) is 0 Å². The summed E-state index contributed by atoms with van der Waals surface area (Å²) in [5.74, 6) is 2.06. The molecule has 0 aliphatic rings. The van der Waals surface area contributed by atoms with Crippen LogP contribution in [-0.2, 0) is 0 Å². The largest absolute Gasteiger partial charge is 0.497 e. The third-order valence-electron chi connectivity index (χ3n) is 3.68. The Labute approximate surface area is 150 Å². The molecule has 0 amide bonds. The molecule has 1 heterocycles. The molecule has 3 rings (SSSR count). The van der Waals surface area contributed by atoms with Gasteiger partial charge in [-0.05, 0) is 43.4 Å². The fourth-order valence-electron chi connectivity index (χ4n) is 2.43. The van der Waals surface area contributed by atoms with Crippen molar-refractivity contribution in [2.75, 3.05) is 14.2 Å². The minimum atomic E-state index is 0.412. The van der Waals surface area contributed by atoms with Crippen LogP contribution in [0.3, 0.4) is 0 Å². The second kappa shape index (κ2) is 7.31. The van der Waals surface area contributed by atoms with Gasteiger partial charge in [-0.15, -0.1) is 0 Å². The third-order valence-corrected chi connectivity index (χ3v) is 3.94. The molecular weight excluding hydrogens is 336 g/mol. The molecule has 0 saturated carbocycles. The summed E-state index contributed by atoms with van der Waals surface area (Å²) >= 11 is 5.31. The van der Waals surface area contributed by atoms with Crippen molar-refractivity contribution in [1.29, 1.82) is 0 Å². The van der Waals surface area contributed by atoms with Gasteiger partial charge in [-0.2, -0.15) is 14.9 Å². The van der Waals surface area contributed by atoms with Crippen LogP contribution in [0.4, 0.5) is 0 Å². The smallest absolute Gasteiger partial charge is 0.216 e. The Hall–Kier alpha value is -2.93. The highest BCUT2D eigenvalue weighted by Gasteiger charge is 2.09. The molecule has 0 aliphatic carbocycles. The van der Waals surface area contributed by atoms with Crippen molar-refractivity contribution >= 4 is 18.4 Å². The second-order valence-electron chi connectivity index (χ2n) is 5.39. The van der Waals surface area contributed by atoms with E-state index in [1.54, 1.807) is 25.1 Å². The van der Waals surface area contributed by atoms with E-state index in [4.69, 9.17) is 21.7 Å². The van der Waals surface area contributed by atoms with Crippen LogP contribution in [0.2, 0.25) is 0 Å². The lowest BCUT2D eigenvalue weighted by Gasteiger charge is -2.07. The van der Waals surface area contributed by atoms with E-state index >= 15 is 0 Å². The molecule has 0 unspecified atom stereocenters. The molecule has 0 atom stereocenters. The van der Waals surface area contributed by atoms with Gasteiger partial charge in [0.15, 0.2) is 5.82 Å². The van der Waals surface area contributed by atoms with Gasteiger partial charge in [0, 0.05) is 11.1 Å². The molecule has 1 aromatic heterocycles. The summed E-state index contributed by atoms with van der Waals surface area (Å²) in [5.41, 5.74) is 2.85. The van der Waals surface area contributed by atoms with E-state index in [1.807, 2.05) is 49.4 Å². The first-order valence-corrected chi connectivity index (χ1v) is 8.04. The Morgan fingerprint density at radius 1 is 1.16 bits per heavy atom. The average molecular weight is 354 g/mol. The normalized spacial score (nSPS) is 11.0. The summed E-state index contributed by atoms with van der Waals surface area (Å²) in [6.45, 7) is 2.03. The van der Waals surface area contributed by atoms with Crippen LogP contribution in [0.15, 0.2) is 47.6 Å². The van der Waals surface area contributed by atoms with Crippen molar-refractivity contribution in [2.45, 2.75) is 6.92 Å². The number of rotatable bonds is 5. The Morgan fingerprint density at radius 3 is 2.72 bits per heavy atom. The predicted molar refractivity (Wildman–Crippen MR) is 100 cm³/mol. The number of nitrogens with zero attached hydrogens (tertiary/aromatic N) is 3.